The van der Waals surface area contributed by atoms with Crippen molar-refractivity contribution in [1.29, 1.82) is 0 Å². The lowest BCUT2D eigenvalue weighted by molar-refractivity contribution is 0.302. The monoisotopic (exact) mass is 297 g/mol. The van der Waals surface area contributed by atoms with Crippen LogP contribution in [0.15, 0.2) is 11.0 Å². The average molecular weight is 297 g/mol. The lowest BCUT2D eigenvalue weighted by Crippen LogP contribution is -2.42. The fourth-order valence-electron chi connectivity index (χ4n) is 2.82. The molecule has 0 aliphatic heterocycles. The maximum atomic E-state index is 13.1. The zero-order chi connectivity index (χ0) is 15.8. The molecule has 1 rings (SSSR count). The molecule has 114 valence electrons. The molecule has 0 aliphatic carbocycles. The fourth-order valence-corrected chi connectivity index (χ4v) is 5.24. The number of rotatable bonds is 4. The van der Waals surface area contributed by atoms with Gasteiger partial charge in [-0.2, -0.15) is 4.31 Å². The van der Waals surface area contributed by atoms with E-state index in [1.807, 2.05) is 55.4 Å². The Labute approximate surface area is 124 Å². The zero-order valence-electron chi connectivity index (χ0n) is 13.9. The fraction of sp³-hybridized carbons (Fsp3) is 0.625. The first-order valence-electron chi connectivity index (χ1n) is 7.12. The van der Waals surface area contributed by atoms with E-state index in [9.17, 15) is 8.42 Å². The second kappa shape index (κ2) is 5.86. The van der Waals surface area contributed by atoms with Gasteiger partial charge in [-0.3, -0.25) is 0 Å². The van der Waals surface area contributed by atoms with Crippen LogP contribution in [0.5, 0.6) is 0 Å². The SMILES string of the molecule is Cc1cc(C)c(C)c(S(=O)(=O)N(C(C)C)C(C)C)c1C. The minimum Gasteiger partial charge on any atom is -0.207 e. The van der Waals surface area contributed by atoms with Crippen molar-refractivity contribution < 1.29 is 8.42 Å². The highest BCUT2D eigenvalue weighted by Crippen LogP contribution is 2.30. The molecule has 0 N–H and O–H groups in total. The number of aryl methyl sites for hydroxylation is 2. The van der Waals surface area contributed by atoms with E-state index in [1.54, 1.807) is 4.31 Å². The quantitative estimate of drug-likeness (QED) is 0.849. The summed E-state index contributed by atoms with van der Waals surface area (Å²) in [7, 11) is -3.47. The normalized spacial score (nSPS) is 12.8. The number of sulfonamides is 1. The molecule has 1 aromatic rings. The van der Waals surface area contributed by atoms with E-state index in [1.165, 1.54) is 0 Å². The second-order valence-electron chi connectivity index (χ2n) is 6.11. The van der Waals surface area contributed by atoms with Gasteiger partial charge in [0.25, 0.3) is 0 Å². The Morgan fingerprint density at radius 2 is 1.20 bits per heavy atom. The highest BCUT2D eigenvalue weighted by molar-refractivity contribution is 7.89. The third kappa shape index (κ3) is 2.91. The molecule has 0 radical (unpaired) electrons. The van der Waals surface area contributed by atoms with Crippen LogP contribution in [0.4, 0.5) is 0 Å². The zero-order valence-corrected chi connectivity index (χ0v) is 14.7. The van der Waals surface area contributed by atoms with Crippen molar-refractivity contribution in [1.82, 2.24) is 4.31 Å². The van der Waals surface area contributed by atoms with Gasteiger partial charge in [-0.1, -0.05) is 6.07 Å². The van der Waals surface area contributed by atoms with Crippen molar-refractivity contribution in [3.05, 3.63) is 28.3 Å². The highest BCUT2D eigenvalue weighted by atomic mass is 32.2. The Hall–Kier alpha value is -0.870. The summed E-state index contributed by atoms with van der Waals surface area (Å²) in [6.07, 6.45) is 0. The summed E-state index contributed by atoms with van der Waals surface area (Å²) in [6.45, 7) is 15.4. The van der Waals surface area contributed by atoms with Gasteiger partial charge in [0.15, 0.2) is 0 Å². The Balaban J connectivity index is 3.66. The van der Waals surface area contributed by atoms with Gasteiger partial charge in [0.05, 0.1) is 4.90 Å². The highest BCUT2D eigenvalue weighted by Gasteiger charge is 2.32. The van der Waals surface area contributed by atoms with Gasteiger partial charge >= 0.3 is 0 Å². The summed E-state index contributed by atoms with van der Waals surface area (Å²) >= 11 is 0. The van der Waals surface area contributed by atoms with Crippen LogP contribution in [0.3, 0.4) is 0 Å². The molecular formula is C16H27NO2S. The smallest absolute Gasteiger partial charge is 0.207 e. The third-order valence-corrected chi connectivity index (χ3v) is 6.38. The first kappa shape index (κ1) is 17.2. The van der Waals surface area contributed by atoms with Gasteiger partial charge in [0.2, 0.25) is 10.0 Å². The molecule has 0 saturated heterocycles. The minimum absolute atomic E-state index is 0.0559. The maximum absolute atomic E-state index is 13.1. The lowest BCUT2D eigenvalue weighted by Gasteiger charge is -2.31. The molecule has 0 amide bonds. The van der Waals surface area contributed by atoms with E-state index in [0.717, 1.165) is 22.3 Å². The van der Waals surface area contributed by atoms with Crippen LogP contribution in [-0.4, -0.2) is 24.8 Å². The van der Waals surface area contributed by atoms with Crippen molar-refractivity contribution in [2.24, 2.45) is 0 Å². The molecule has 0 spiro atoms. The van der Waals surface area contributed by atoms with Crippen LogP contribution in [0, 0.1) is 27.7 Å². The Morgan fingerprint density at radius 1 is 0.850 bits per heavy atom. The van der Waals surface area contributed by atoms with E-state index in [-0.39, 0.29) is 12.1 Å². The van der Waals surface area contributed by atoms with Gasteiger partial charge in [0, 0.05) is 12.1 Å². The maximum Gasteiger partial charge on any atom is 0.244 e. The molecule has 0 heterocycles. The first-order valence-corrected chi connectivity index (χ1v) is 8.56. The molecule has 0 saturated carbocycles. The standard InChI is InChI=1S/C16H27NO2S/c1-10(2)17(11(3)4)20(18,19)16-14(7)12(5)9-13(6)15(16)8/h9-11H,1-8H3. The summed E-state index contributed by atoms with van der Waals surface area (Å²) in [4.78, 5) is 0.484. The predicted molar refractivity (Wildman–Crippen MR) is 84.7 cm³/mol. The molecule has 0 bridgehead atoms. The van der Waals surface area contributed by atoms with Crippen LogP contribution in [0.1, 0.15) is 49.9 Å². The minimum atomic E-state index is -3.47. The Morgan fingerprint density at radius 3 is 1.50 bits per heavy atom. The van der Waals surface area contributed by atoms with Crippen molar-refractivity contribution in [3.63, 3.8) is 0 Å². The van der Waals surface area contributed by atoms with Crippen molar-refractivity contribution in [2.75, 3.05) is 0 Å². The molecule has 0 aliphatic rings. The van der Waals surface area contributed by atoms with Gasteiger partial charge in [0.1, 0.15) is 0 Å². The van der Waals surface area contributed by atoms with Crippen LogP contribution in [-0.2, 0) is 10.0 Å². The molecule has 1 aromatic carbocycles. The van der Waals surface area contributed by atoms with Crippen LogP contribution in [0.2, 0.25) is 0 Å². The van der Waals surface area contributed by atoms with E-state index < -0.39 is 10.0 Å². The topological polar surface area (TPSA) is 37.4 Å². The summed E-state index contributed by atoms with van der Waals surface area (Å²) in [6, 6.07) is 1.94. The van der Waals surface area contributed by atoms with Gasteiger partial charge < -0.3 is 0 Å². The van der Waals surface area contributed by atoms with Crippen molar-refractivity contribution >= 4 is 10.0 Å². The summed E-state index contributed by atoms with van der Waals surface area (Å²) in [5.74, 6) is 0. The molecule has 0 aromatic heterocycles. The molecule has 0 atom stereocenters. The van der Waals surface area contributed by atoms with Crippen LogP contribution in [0.25, 0.3) is 0 Å². The molecule has 20 heavy (non-hydrogen) atoms. The summed E-state index contributed by atoms with van der Waals surface area (Å²) in [5, 5.41) is 0. The first-order chi connectivity index (χ1) is 9.01. The van der Waals surface area contributed by atoms with Gasteiger partial charge in [-0.15, -0.1) is 0 Å². The van der Waals surface area contributed by atoms with Crippen LogP contribution >= 0.6 is 0 Å². The van der Waals surface area contributed by atoms with E-state index in [4.69, 9.17) is 0 Å². The van der Waals surface area contributed by atoms with E-state index in [0.29, 0.717) is 4.90 Å². The molecule has 0 fully saturated rings. The molecule has 3 nitrogen and oxygen atoms in total. The summed E-state index contributed by atoms with van der Waals surface area (Å²) in [5.41, 5.74) is 3.78. The number of benzene rings is 1. The van der Waals surface area contributed by atoms with E-state index in [2.05, 4.69) is 6.07 Å². The van der Waals surface area contributed by atoms with Gasteiger partial charge in [-0.05, 0) is 77.6 Å². The number of hydrogen-bond acceptors (Lipinski definition) is 2. The predicted octanol–water partition coefficient (Wildman–Crippen LogP) is 3.73. The summed E-state index contributed by atoms with van der Waals surface area (Å²) < 4.78 is 27.8. The molecule has 4 heteroatoms. The van der Waals surface area contributed by atoms with Gasteiger partial charge in [-0.25, -0.2) is 8.42 Å². The van der Waals surface area contributed by atoms with Crippen LogP contribution < -0.4 is 0 Å². The lowest BCUT2D eigenvalue weighted by atomic mass is 10.0. The average Bonchev–Trinajstić information content (AvgIpc) is 2.24. The largest absolute Gasteiger partial charge is 0.244 e. The third-order valence-electron chi connectivity index (χ3n) is 3.85. The van der Waals surface area contributed by atoms with Crippen molar-refractivity contribution in [2.45, 2.75) is 72.4 Å². The Kier molecular flexibility index (Phi) is 5.03. The van der Waals surface area contributed by atoms with Crippen molar-refractivity contribution in [3.8, 4) is 0 Å². The van der Waals surface area contributed by atoms with E-state index >= 15 is 0 Å². The Bertz CT molecular complexity index is 567. The number of hydrogen-bond donors (Lipinski definition) is 0. The molecular weight excluding hydrogens is 270 g/mol. The second-order valence-corrected chi connectivity index (χ2v) is 7.89. The number of nitrogens with zero attached hydrogens (tertiary/aromatic N) is 1. The molecule has 0 unspecified atom stereocenters.